The van der Waals surface area contributed by atoms with Gasteiger partial charge in [0, 0.05) is 10.8 Å². The Morgan fingerprint density at radius 1 is 0.656 bits per heavy atom. The van der Waals surface area contributed by atoms with Gasteiger partial charge in [0.2, 0.25) is 6.29 Å². The number of nitrogens with zero attached hydrogens (tertiary/aromatic N) is 1. The van der Waals surface area contributed by atoms with E-state index >= 15 is 0 Å². The van der Waals surface area contributed by atoms with Crippen LogP contribution in [-0.4, -0.2) is 10.9 Å². The van der Waals surface area contributed by atoms with Crippen molar-refractivity contribution in [2.45, 2.75) is 19.4 Å². The van der Waals surface area contributed by atoms with Crippen LogP contribution in [0.1, 0.15) is 5.56 Å². The predicted molar refractivity (Wildman–Crippen MR) is 128 cm³/mol. The summed E-state index contributed by atoms with van der Waals surface area (Å²) < 4.78 is 14.6. The molecule has 1 heterocycles. The molecule has 4 nitrogen and oxygen atoms in total. The highest BCUT2D eigenvalue weighted by Crippen LogP contribution is 2.22. The summed E-state index contributed by atoms with van der Waals surface area (Å²) in [5.41, 5.74) is 2.84. The van der Waals surface area contributed by atoms with E-state index in [2.05, 4.69) is 4.57 Å². The quantitative estimate of drug-likeness (QED) is 0.247. The van der Waals surface area contributed by atoms with Crippen LogP contribution in [0.4, 0.5) is 0 Å². The second-order valence-electron chi connectivity index (χ2n) is 7.63. The molecule has 0 fully saturated rings. The molecule has 0 aliphatic heterocycles. The highest BCUT2D eigenvalue weighted by Gasteiger charge is 2.17. The molecule has 0 aliphatic carbocycles. The third-order valence-corrected chi connectivity index (χ3v) is 5.50. The van der Waals surface area contributed by atoms with E-state index in [0.29, 0.717) is 23.9 Å². The summed E-state index contributed by atoms with van der Waals surface area (Å²) >= 11 is 0. The largest absolute Gasteiger partial charge is 0.463 e. The topological polar surface area (TPSA) is 40.5 Å². The van der Waals surface area contributed by atoms with Crippen molar-refractivity contribution in [3.8, 4) is 5.75 Å². The van der Waals surface area contributed by atoms with E-state index in [4.69, 9.17) is 9.47 Å². The van der Waals surface area contributed by atoms with Crippen molar-refractivity contribution in [3.63, 3.8) is 0 Å². The molecule has 158 valence electrons. The molecule has 4 aromatic carbocycles. The summed E-state index contributed by atoms with van der Waals surface area (Å²) in [5.74, 6) is 0.736. The molecule has 1 unspecified atom stereocenters. The Kier molecular flexibility index (Phi) is 5.69. The lowest BCUT2D eigenvalue weighted by Gasteiger charge is -2.23. The molecule has 5 aromatic rings. The molecule has 1 aromatic heterocycles. The van der Waals surface area contributed by atoms with Gasteiger partial charge in [-0.3, -0.25) is 4.79 Å². The Hall–Kier alpha value is -3.89. The van der Waals surface area contributed by atoms with Gasteiger partial charge in [-0.25, -0.2) is 0 Å². The van der Waals surface area contributed by atoms with Crippen LogP contribution >= 0.6 is 0 Å². The lowest BCUT2D eigenvalue weighted by atomic mass is 10.1. The Balaban J connectivity index is 1.56. The van der Waals surface area contributed by atoms with E-state index in [9.17, 15) is 4.79 Å². The van der Waals surface area contributed by atoms with Crippen LogP contribution in [0.3, 0.4) is 0 Å². The Morgan fingerprint density at radius 2 is 1.19 bits per heavy atom. The van der Waals surface area contributed by atoms with Gasteiger partial charge in [0.15, 0.2) is 5.43 Å². The number of pyridine rings is 1. The van der Waals surface area contributed by atoms with Crippen LogP contribution in [-0.2, 0) is 17.9 Å². The van der Waals surface area contributed by atoms with Crippen molar-refractivity contribution in [3.05, 3.63) is 125 Å². The Labute approximate surface area is 186 Å². The molecule has 4 heteroatoms. The lowest BCUT2D eigenvalue weighted by Crippen LogP contribution is -2.28. The first-order chi connectivity index (χ1) is 15.8. The predicted octanol–water partition coefficient (Wildman–Crippen LogP) is 5.78. The second-order valence-corrected chi connectivity index (χ2v) is 7.63. The zero-order valence-electron chi connectivity index (χ0n) is 17.6. The fourth-order valence-corrected chi connectivity index (χ4v) is 3.96. The minimum Gasteiger partial charge on any atom is -0.463 e. The second kappa shape index (κ2) is 9.08. The van der Waals surface area contributed by atoms with Gasteiger partial charge in [-0.15, -0.1) is 0 Å². The van der Waals surface area contributed by atoms with Crippen molar-refractivity contribution < 1.29 is 9.47 Å². The molecular formula is C28H23NO3. The summed E-state index contributed by atoms with van der Waals surface area (Å²) in [5, 5.41) is 1.38. The highest BCUT2D eigenvalue weighted by molar-refractivity contribution is 5.93. The van der Waals surface area contributed by atoms with Gasteiger partial charge in [0.05, 0.1) is 24.2 Å². The fourth-order valence-electron chi connectivity index (χ4n) is 3.96. The third kappa shape index (κ3) is 4.13. The van der Waals surface area contributed by atoms with Crippen molar-refractivity contribution in [2.24, 2.45) is 0 Å². The Bertz CT molecular complexity index is 1330. The average Bonchev–Trinajstić information content (AvgIpc) is 2.86. The fraction of sp³-hybridized carbons (Fsp3) is 0.107. The van der Waals surface area contributed by atoms with Crippen LogP contribution in [0.25, 0.3) is 21.8 Å². The van der Waals surface area contributed by atoms with Gasteiger partial charge in [-0.2, -0.15) is 0 Å². The monoisotopic (exact) mass is 421 g/mol. The number of para-hydroxylation sites is 3. The summed E-state index contributed by atoms with van der Waals surface area (Å²) in [4.78, 5) is 13.1. The molecule has 0 N–H and O–H groups in total. The van der Waals surface area contributed by atoms with Crippen LogP contribution in [0.5, 0.6) is 5.75 Å². The maximum absolute atomic E-state index is 13.1. The van der Waals surface area contributed by atoms with E-state index < -0.39 is 6.29 Å². The van der Waals surface area contributed by atoms with Gasteiger partial charge in [0.25, 0.3) is 0 Å². The number of hydrogen-bond donors (Lipinski definition) is 0. The zero-order chi connectivity index (χ0) is 21.8. The smallest absolute Gasteiger partial charge is 0.218 e. The number of ether oxygens (including phenoxy) is 2. The van der Waals surface area contributed by atoms with Crippen LogP contribution in [0, 0.1) is 0 Å². The van der Waals surface area contributed by atoms with Gasteiger partial charge in [-0.1, -0.05) is 72.8 Å². The summed E-state index contributed by atoms with van der Waals surface area (Å²) in [6.45, 7) is 0.859. The van der Waals surface area contributed by atoms with E-state index in [1.54, 1.807) is 0 Å². The maximum Gasteiger partial charge on any atom is 0.218 e. The minimum absolute atomic E-state index is 0.0400. The molecule has 32 heavy (non-hydrogen) atoms. The normalized spacial score (nSPS) is 12.1. The van der Waals surface area contributed by atoms with Crippen molar-refractivity contribution >= 4 is 21.8 Å². The summed E-state index contributed by atoms with van der Waals surface area (Å²) in [7, 11) is 0. The number of benzene rings is 4. The summed E-state index contributed by atoms with van der Waals surface area (Å²) in [6.07, 6.45) is -0.549. The van der Waals surface area contributed by atoms with Crippen LogP contribution < -0.4 is 10.2 Å². The van der Waals surface area contributed by atoms with Crippen molar-refractivity contribution in [1.82, 2.24) is 4.57 Å². The maximum atomic E-state index is 13.1. The summed E-state index contributed by atoms with van der Waals surface area (Å²) in [6, 6.07) is 35.1. The molecule has 0 bridgehead atoms. The van der Waals surface area contributed by atoms with Crippen molar-refractivity contribution in [1.29, 1.82) is 0 Å². The average molecular weight is 421 g/mol. The first kappa shape index (κ1) is 20.0. The number of hydrogen-bond acceptors (Lipinski definition) is 3. The molecule has 0 spiro atoms. The Morgan fingerprint density at radius 3 is 1.81 bits per heavy atom. The van der Waals surface area contributed by atoms with E-state index in [0.717, 1.165) is 22.3 Å². The third-order valence-electron chi connectivity index (χ3n) is 5.50. The molecular weight excluding hydrogens is 398 g/mol. The zero-order valence-corrected chi connectivity index (χ0v) is 17.6. The molecule has 0 amide bonds. The molecule has 0 saturated carbocycles. The van der Waals surface area contributed by atoms with Gasteiger partial charge < -0.3 is 14.0 Å². The number of rotatable bonds is 7. The van der Waals surface area contributed by atoms with Gasteiger partial charge >= 0.3 is 0 Å². The SMILES string of the molecule is O=c1c2ccccc2n(CC(OCc2ccccc2)Oc2ccccc2)c2ccccc12. The number of aromatic nitrogens is 1. The van der Waals surface area contributed by atoms with Gasteiger partial charge in [-0.05, 0) is 42.0 Å². The molecule has 5 rings (SSSR count). The highest BCUT2D eigenvalue weighted by atomic mass is 16.7. The van der Waals surface area contributed by atoms with E-state index in [-0.39, 0.29) is 5.43 Å². The van der Waals surface area contributed by atoms with E-state index in [1.807, 2.05) is 109 Å². The molecule has 1 atom stereocenters. The van der Waals surface area contributed by atoms with E-state index in [1.165, 1.54) is 0 Å². The number of fused-ring (bicyclic) bond motifs is 2. The molecule has 0 saturated heterocycles. The van der Waals surface area contributed by atoms with Crippen LogP contribution in [0.2, 0.25) is 0 Å². The van der Waals surface area contributed by atoms with Gasteiger partial charge in [0.1, 0.15) is 5.75 Å². The van der Waals surface area contributed by atoms with Crippen molar-refractivity contribution in [2.75, 3.05) is 0 Å². The molecule has 0 radical (unpaired) electrons. The molecule has 0 aliphatic rings. The lowest BCUT2D eigenvalue weighted by molar-refractivity contribution is -0.0971. The standard InChI is InChI=1S/C28H23NO3/c30-28-23-15-7-9-17-25(23)29(26-18-10-8-16-24(26)28)19-27(32-22-13-5-2-6-14-22)31-20-21-11-3-1-4-12-21/h1-18,27H,19-20H2. The first-order valence-electron chi connectivity index (χ1n) is 10.7. The minimum atomic E-state index is -0.549. The first-order valence-corrected chi connectivity index (χ1v) is 10.7. The van der Waals surface area contributed by atoms with Crippen LogP contribution in [0.15, 0.2) is 114 Å².